The molecule has 1 amide bonds. The number of carbonyl (C=O) groups is 1. The summed E-state index contributed by atoms with van der Waals surface area (Å²) in [6.45, 7) is 1.90. The molecule has 0 aliphatic heterocycles. The average molecular weight is 366 g/mol. The number of benzene rings is 2. The molecule has 1 aromatic heterocycles. The molecule has 0 unspecified atom stereocenters. The summed E-state index contributed by atoms with van der Waals surface area (Å²) in [4.78, 5) is 22.8. The molecular formula is C19H18N4O4. The van der Waals surface area contributed by atoms with Gasteiger partial charge in [-0.1, -0.05) is 12.1 Å². The Kier molecular flexibility index (Phi) is 5.16. The number of carbonyl (C=O) groups excluding carboxylic acids is 1. The first-order chi connectivity index (χ1) is 12.9. The smallest absolute Gasteiger partial charge is 0.272 e. The fourth-order valence-corrected chi connectivity index (χ4v) is 2.56. The minimum atomic E-state index is -0.428. The fraction of sp³-hybridized carbons (Fsp3) is 0.158. The minimum Gasteiger partial charge on any atom is -0.489 e. The molecule has 0 atom stereocenters. The topological polar surface area (TPSA) is 99.3 Å². The van der Waals surface area contributed by atoms with Crippen LogP contribution in [0.2, 0.25) is 0 Å². The van der Waals surface area contributed by atoms with E-state index in [1.165, 1.54) is 6.07 Å². The van der Waals surface area contributed by atoms with Crippen LogP contribution in [0.1, 0.15) is 21.5 Å². The van der Waals surface area contributed by atoms with Crippen LogP contribution in [-0.2, 0) is 13.7 Å². The third-order valence-corrected chi connectivity index (χ3v) is 3.91. The van der Waals surface area contributed by atoms with Gasteiger partial charge in [0.25, 0.3) is 11.6 Å². The van der Waals surface area contributed by atoms with Gasteiger partial charge in [-0.2, -0.15) is 5.10 Å². The summed E-state index contributed by atoms with van der Waals surface area (Å²) in [6, 6.07) is 13.4. The summed E-state index contributed by atoms with van der Waals surface area (Å²) in [5.41, 5.74) is 1.87. The third-order valence-electron chi connectivity index (χ3n) is 3.91. The number of amides is 1. The van der Waals surface area contributed by atoms with Crippen LogP contribution >= 0.6 is 0 Å². The van der Waals surface area contributed by atoms with Crippen molar-refractivity contribution in [3.8, 4) is 5.75 Å². The second kappa shape index (κ2) is 7.69. The molecule has 0 spiro atoms. The zero-order valence-electron chi connectivity index (χ0n) is 14.9. The van der Waals surface area contributed by atoms with Crippen molar-refractivity contribution in [3.63, 3.8) is 0 Å². The number of nitrogens with zero attached hydrogens (tertiary/aromatic N) is 3. The Labute approximate surface area is 155 Å². The van der Waals surface area contributed by atoms with E-state index in [-0.39, 0.29) is 18.2 Å². The van der Waals surface area contributed by atoms with Gasteiger partial charge in [-0.25, -0.2) is 0 Å². The number of hydrogen-bond donors (Lipinski definition) is 1. The lowest BCUT2D eigenvalue weighted by molar-refractivity contribution is -0.385. The molecule has 27 heavy (non-hydrogen) atoms. The fourth-order valence-electron chi connectivity index (χ4n) is 2.56. The molecule has 0 radical (unpaired) electrons. The van der Waals surface area contributed by atoms with E-state index in [1.807, 2.05) is 6.07 Å². The lowest BCUT2D eigenvalue weighted by atomic mass is 10.1. The highest BCUT2D eigenvalue weighted by Crippen LogP contribution is 2.23. The largest absolute Gasteiger partial charge is 0.489 e. The van der Waals surface area contributed by atoms with Crippen molar-refractivity contribution in [2.45, 2.75) is 13.5 Å². The van der Waals surface area contributed by atoms with Crippen LogP contribution in [0, 0.1) is 17.0 Å². The molecule has 8 heteroatoms. The van der Waals surface area contributed by atoms with Crippen LogP contribution in [0.4, 0.5) is 11.5 Å². The SMILES string of the molecule is Cc1cc(OCc2cccc(C(=O)Nc3ccn(C)n3)c2)ccc1[N+](=O)[O-]. The maximum Gasteiger partial charge on any atom is 0.272 e. The van der Waals surface area contributed by atoms with Crippen molar-refractivity contribution in [3.05, 3.63) is 81.5 Å². The second-order valence-corrected chi connectivity index (χ2v) is 6.02. The summed E-state index contributed by atoms with van der Waals surface area (Å²) in [6.07, 6.45) is 1.74. The van der Waals surface area contributed by atoms with Crippen LogP contribution < -0.4 is 10.1 Å². The van der Waals surface area contributed by atoms with E-state index in [0.717, 1.165) is 5.56 Å². The van der Waals surface area contributed by atoms with Gasteiger partial charge in [0.05, 0.1) is 4.92 Å². The van der Waals surface area contributed by atoms with Crippen molar-refractivity contribution in [1.29, 1.82) is 0 Å². The highest BCUT2D eigenvalue weighted by molar-refractivity contribution is 6.03. The molecular weight excluding hydrogens is 348 g/mol. The molecule has 0 aliphatic carbocycles. The highest BCUT2D eigenvalue weighted by Gasteiger charge is 2.11. The van der Waals surface area contributed by atoms with Crippen LogP contribution in [0.15, 0.2) is 54.7 Å². The van der Waals surface area contributed by atoms with Gasteiger partial charge >= 0.3 is 0 Å². The zero-order chi connectivity index (χ0) is 19.4. The van der Waals surface area contributed by atoms with E-state index >= 15 is 0 Å². The lowest BCUT2D eigenvalue weighted by Crippen LogP contribution is -2.13. The molecule has 138 valence electrons. The first-order valence-electron chi connectivity index (χ1n) is 8.20. The van der Waals surface area contributed by atoms with E-state index in [4.69, 9.17) is 4.74 Å². The van der Waals surface area contributed by atoms with Crippen molar-refractivity contribution in [2.24, 2.45) is 7.05 Å². The first kappa shape index (κ1) is 18.1. The molecule has 1 heterocycles. The van der Waals surface area contributed by atoms with Gasteiger partial charge in [0.2, 0.25) is 0 Å². The number of aromatic nitrogens is 2. The second-order valence-electron chi connectivity index (χ2n) is 6.02. The Hall–Kier alpha value is -3.68. The first-order valence-corrected chi connectivity index (χ1v) is 8.20. The normalized spacial score (nSPS) is 10.4. The molecule has 3 rings (SSSR count). The van der Waals surface area contributed by atoms with E-state index < -0.39 is 4.92 Å². The van der Waals surface area contributed by atoms with Crippen LogP contribution in [0.5, 0.6) is 5.75 Å². The highest BCUT2D eigenvalue weighted by atomic mass is 16.6. The van der Waals surface area contributed by atoms with Crippen molar-refractivity contribution < 1.29 is 14.5 Å². The number of nitro benzene ring substituents is 1. The van der Waals surface area contributed by atoms with Crippen LogP contribution in [0.25, 0.3) is 0 Å². The summed E-state index contributed by atoms with van der Waals surface area (Å²) in [5.74, 6) is 0.744. The average Bonchev–Trinajstić information content (AvgIpc) is 3.04. The Morgan fingerprint density at radius 3 is 2.74 bits per heavy atom. The van der Waals surface area contributed by atoms with Crippen LogP contribution in [0.3, 0.4) is 0 Å². The van der Waals surface area contributed by atoms with Gasteiger partial charge in [-0.05, 0) is 36.8 Å². The van der Waals surface area contributed by atoms with Gasteiger partial charge < -0.3 is 10.1 Å². The number of anilines is 1. The monoisotopic (exact) mass is 366 g/mol. The molecule has 0 saturated heterocycles. The van der Waals surface area contributed by atoms with Crippen molar-refractivity contribution in [2.75, 3.05) is 5.32 Å². The number of rotatable bonds is 6. The van der Waals surface area contributed by atoms with E-state index in [9.17, 15) is 14.9 Å². The Morgan fingerprint density at radius 2 is 2.07 bits per heavy atom. The number of hydrogen-bond acceptors (Lipinski definition) is 5. The van der Waals surface area contributed by atoms with E-state index in [2.05, 4.69) is 10.4 Å². The Morgan fingerprint density at radius 1 is 1.26 bits per heavy atom. The third kappa shape index (κ3) is 4.49. The van der Waals surface area contributed by atoms with Gasteiger partial charge in [0.15, 0.2) is 5.82 Å². The molecule has 8 nitrogen and oxygen atoms in total. The van der Waals surface area contributed by atoms with E-state index in [1.54, 1.807) is 61.2 Å². The predicted molar refractivity (Wildman–Crippen MR) is 99.8 cm³/mol. The number of nitrogens with one attached hydrogen (secondary N) is 1. The quantitative estimate of drug-likeness (QED) is 0.532. The van der Waals surface area contributed by atoms with Gasteiger partial charge in [0, 0.05) is 36.5 Å². The Balaban J connectivity index is 1.66. The number of nitro groups is 1. The van der Waals surface area contributed by atoms with Crippen molar-refractivity contribution >= 4 is 17.4 Å². The minimum absolute atomic E-state index is 0.0514. The zero-order valence-corrected chi connectivity index (χ0v) is 14.9. The maximum atomic E-state index is 12.3. The molecule has 0 aliphatic rings. The predicted octanol–water partition coefficient (Wildman–Crippen LogP) is 3.47. The van der Waals surface area contributed by atoms with E-state index in [0.29, 0.717) is 22.7 Å². The molecule has 0 bridgehead atoms. The molecule has 0 saturated carbocycles. The Bertz CT molecular complexity index is 997. The lowest BCUT2D eigenvalue weighted by Gasteiger charge is -2.09. The van der Waals surface area contributed by atoms with Gasteiger partial charge in [0.1, 0.15) is 12.4 Å². The molecule has 2 aromatic carbocycles. The molecule has 3 aromatic rings. The van der Waals surface area contributed by atoms with Crippen LogP contribution in [-0.4, -0.2) is 20.6 Å². The summed E-state index contributed by atoms with van der Waals surface area (Å²) < 4.78 is 7.30. The summed E-state index contributed by atoms with van der Waals surface area (Å²) >= 11 is 0. The summed E-state index contributed by atoms with van der Waals surface area (Å²) in [7, 11) is 1.77. The van der Waals surface area contributed by atoms with Gasteiger partial charge in [-0.3, -0.25) is 19.6 Å². The standard InChI is InChI=1S/C19H18N4O4/c1-13-10-16(6-7-17(13)23(25)26)27-12-14-4-3-5-15(11-14)19(24)20-18-8-9-22(2)21-18/h3-11H,12H2,1-2H3,(H,20,21,24). The summed E-state index contributed by atoms with van der Waals surface area (Å²) in [5, 5.41) is 17.7. The maximum absolute atomic E-state index is 12.3. The number of ether oxygens (including phenoxy) is 1. The molecule has 0 fully saturated rings. The molecule has 1 N–H and O–H groups in total. The number of aryl methyl sites for hydroxylation is 2. The van der Waals surface area contributed by atoms with Crippen molar-refractivity contribution in [1.82, 2.24) is 9.78 Å². The van der Waals surface area contributed by atoms with Gasteiger partial charge in [-0.15, -0.1) is 0 Å².